The highest BCUT2D eigenvalue weighted by molar-refractivity contribution is 5.87. The molecule has 26 heavy (non-hydrogen) atoms. The lowest BCUT2D eigenvalue weighted by Crippen LogP contribution is -2.54. The summed E-state index contributed by atoms with van der Waals surface area (Å²) in [5.41, 5.74) is 5.76. The Hall–Kier alpha value is -1.71. The largest absolute Gasteiger partial charge is 0.378 e. The highest BCUT2D eigenvalue weighted by atomic mass is 16.5. The molecule has 148 valence electrons. The van der Waals surface area contributed by atoms with Crippen molar-refractivity contribution in [1.82, 2.24) is 20.0 Å². The van der Waals surface area contributed by atoms with Gasteiger partial charge in [-0.1, -0.05) is 13.8 Å². The molecule has 9 nitrogen and oxygen atoms in total. The zero-order valence-electron chi connectivity index (χ0n) is 15.8. The quantitative estimate of drug-likeness (QED) is 0.566. The van der Waals surface area contributed by atoms with Crippen LogP contribution in [0.25, 0.3) is 0 Å². The van der Waals surface area contributed by atoms with Crippen LogP contribution in [0.1, 0.15) is 13.8 Å². The summed E-state index contributed by atoms with van der Waals surface area (Å²) in [7, 11) is 0. The molecule has 0 bridgehead atoms. The Morgan fingerprint density at radius 2 is 1.54 bits per heavy atom. The van der Waals surface area contributed by atoms with E-state index < -0.39 is 6.04 Å². The minimum Gasteiger partial charge on any atom is -0.378 e. The molecule has 0 aliphatic carbocycles. The van der Waals surface area contributed by atoms with Gasteiger partial charge in [0.15, 0.2) is 0 Å². The Bertz CT molecular complexity index is 499. The van der Waals surface area contributed by atoms with Gasteiger partial charge in [-0.2, -0.15) is 0 Å². The van der Waals surface area contributed by atoms with Gasteiger partial charge in [-0.3, -0.25) is 19.3 Å². The van der Waals surface area contributed by atoms with Gasteiger partial charge in [-0.15, -0.1) is 0 Å². The van der Waals surface area contributed by atoms with Crippen LogP contribution in [0.2, 0.25) is 0 Å². The van der Waals surface area contributed by atoms with Crippen molar-refractivity contribution in [2.45, 2.75) is 19.9 Å². The zero-order valence-corrected chi connectivity index (χ0v) is 15.8. The number of nitrogens with two attached hydrogens (primary N) is 1. The number of ether oxygens (including phenoxy) is 1. The second-order valence-electron chi connectivity index (χ2n) is 7.14. The summed E-state index contributed by atoms with van der Waals surface area (Å²) in [6, 6.07) is -0.606. The van der Waals surface area contributed by atoms with Gasteiger partial charge in [0.25, 0.3) is 0 Å². The first-order chi connectivity index (χ1) is 12.4. The average molecular weight is 369 g/mol. The second-order valence-corrected chi connectivity index (χ2v) is 7.14. The summed E-state index contributed by atoms with van der Waals surface area (Å²) in [4.78, 5) is 41.9. The lowest BCUT2D eigenvalue weighted by atomic mass is 10.1. The van der Waals surface area contributed by atoms with Gasteiger partial charge in [0, 0.05) is 39.3 Å². The molecule has 2 heterocycles. The van der Waals surface area contributed by atoms with Crippen LogP contribution >= 0.6 is 0 Å². The fourth-order valence-electron chi connectivity index (χ4n) is 2.95. The molecular formula is C17H31N5O4. The molecule has 0 saturated carbocycles. The number of nitrogens with one attached hydrogen (secondary N) is 1. The Labute approximate surface area is 154 Å². The maximum absolute atomic E-state index is 12.3. The first-order valence-corrected chi connectivity index (χ1v) is 9.27. The van der Waals surface area contributed by atoms with Crippen molar-refractivity contribution >= 4 is 17.7 Å². The molecule has 0 unspecified atom stereocenters. The Balaban J connectivity index is 1.68. The van der Waals surface area contributed by atoms with E-state index in [1.54, 1.807) is 4.90 Å². The number of piperazine rings is 1. The van der Waals surface area contributed by atoms with E-state index in [1.807, 2.05) is 18.7 Å². The molecule has 2 fully saturated rings. The summed E-state index contributed by atoms with van der Waals surface area (Å²) in [5.74, 6) is -0.280. The Kier molecular flexibility index (Phi) is 7.80. The fourth-order valence-corrected chi connectivity index (χ4v) is 2.95. The van der Waals surface area contributed by atoms with E-state index in [0.717, 1.165) is 0 Å². The maximum Gasteiger partial charge on any atom is 0.242 e. The molecule has 0 aromatic heterocycles. The maximum atomic E-state index is 12.3. The number of hydrogen-bond donors (Lipinski definition) is 2. The molecule has 2 rings (SSSR count). The van der Waals surface area contributed by atoms with Crippen LogP contribution in [0.5, 0.6) is 0 Å². The van der Waals surface area contributed by atoms with Crippen LogP contribution < -0.4 is 11.1 Å². The Morgan fingerprint density at radius 1 is 0.962 bits per heavy atom. The molecule has 0 aromatic rings. The van der Waals surface area contributed by atoms with Crippen molar-refractivity contribution in [1.29, 1.82) is 0 Å². The van der Waals surface area contributed by atoms with E-state index in [-0.39, 0.29) is 30.2 Å². The topological polar surface area (TPSA) is 108 Å². The van der Waals surface area contributed by atoms with Crippen LogP contribution in [0.3, 0.4) is 0 Å². The van der Waals surface area contributed by atoms with Crippen LogP contribution in [0.4, 0.5) is 0 Å². The van der Waals surface area contributed by atoms with Gasteiger partial charge in [0.2, 0.25) is 17.7 Å². The van der Waals surface area contributed by atoms with E-state index in [0.29, 0.717) is 59.0 Å². The Morgan fingerprint density at radius 3 is 2.12 bits per heavy atom. The number of carbonyl (C=O) groups excluding carboxylic acids is 3. The molecule has 2 aliphatic rings. The van der Waals surface area contributed by atoms with Gasteiger partial charge in [-0.25, -0.2) is 0 Å². The van der Waals surface area contributed by atoms with Crippen LogP contribution in [-0.2, 0) is 19.1 Å². The molecule has 0 aromatic carbocycles. The van der Waals surface area contributed by atoms with E-state index in [4.69, 9.17) is 10.5 Å². The van der Waals surface area contributed by atoms with E-state index in [1.165, 1.54) is 0 Å². The molecule has 9 heteroatoms. The van der Waals surface area contributed by atoms with Gasteiger partial charge >= 0.3 is 0 Å². The predicted molar refractivity (Wildman–Crippen MR) is 96.2 cm³/mol. The standard InChI is InChI=1S/C17H31N5O4/c1-13(2)16(18)17(25)19-11-14(23)21-5-3-20(4-6-21)12-15(24)22-7-9-26-10-8-22/h13,16H,3-12,18H2,1-2H3,(H,19,25)/t16-/m0/s1. The molecule has 2 aliphatic heterocycles. The fraction of sp³-hybridized carbons (Fsp3) is 0.824. The van der Waals surface area contributed by atoms with Crippen molar-refractivity contribution in [3.05, 3.63) is 0 Å². The number of nitrogens with zero attached hydrogens (tertiary/aromatic N) is 3. The third kappa shape index (κ3) is 5.93. The van der Waals surface area contributed by atoms with Crippen molar-refractivity contribution < 1.29 is 19.1 Å². The molecule has 0 spiro atoms. The van der Waals surface area contributed by atoms with Crippen LogP contribution in [-0.4, -0.2) is 104 Å². The summed E-state index contributed by atoms with van der Waals surface area (Å²) < 4.78 is 5.26. The average Bonchev–Trinajstić information content (AvgIpc) is 2.66. The van der Waals surface area contributed by atoms with Crippen LogP contribution in [0, 0.1) is 5.92 Å². The van der Waals surface area contributed by atoms with Crippen molar-refractivity contribution in [3.63, 3.8) is 0 Å². The summed E-state index contributed by atoms with van der Waals surface area (Å²) in [6.45, 7) is 8.98. The number of rotatable bonds is 6. The zero-order chi connectivity index (χ0) is 19.1. The second kappa shape index (κ2) is 9.84. The minimum absolute atomic E-state index is 0.0256. The van der Waals surface area contributed by atoms with E-state index in [9.17, 15) is 14.4 Å². The van der Waals surface area contributed by atoms with Gasteiger partial charge < -0.3 is 25.6 Å². The smallest absolute Gasteiger partial charge is 0.242 e. The van der Waals surface area contributed by atoms with Crippen molar-refractivity contribution in [3.8, 4) is 0 Å². The number of amides is 3. The first kappa shape index (κ1) is 20.6. The molecule has 1 atom stereocenters. The molecule has 2 saturated heterocycles. The van der Waals surface area contributed by atoms with Gasteiger partial charge in [0.05, 0.1) is 32.3 Å². The lowest BCUT2D eigenvalue weighted by molar-refractivity contribution is -0.138. The van der Waals surface area contributed by atoms with E-state index in [2.05, 4.69) is 10.2 Å². The van der Waals surface area contributed by atoms with Crippen molar-refractivity contribution in [2.75, 3.05) is 65.6 Å². The molecule has 3 N–H and O–H groups in total. The summed E-state index contributed by atoms with van der Waals surface area (Å²) >= 11 is 0. The molecule has 0 radical (unpaired) electrons. The lowest BCUT2D eigenvalue weighted by Gasteiger charge is -2.36. The summed E-state index contributed by atoms with van der Waals surface area (Å²) in [6.07, 6.45) is 0. The monoisotopic (exact) mass is 369 g/mol. The third-order valence-electron chi connectivity index (χ3n) is 4.88. The predicted octanol–water partition coefficient (Wildman–Crippen LogP) is -1.91. The molecular weight excluding hydrogens is 338 g/mol. The van der Waals surface area contributed by atoms with Gasteiger partial charge in [0.1, 0.15) is 0 Å². The SMILES string of the molecule is CC(C)[C@H](N)C(=O)NCC(=O)N1CCN(CC(=O)N2CCOCC2)CC1. The number of hydrogen-bond acceptors (Lipinski definition) is 6. The highest BCUT2D eigenvalue weighted by Gasteiger charge is 2.25. The number of morpholine rings is 1. The van der Waals surface area contributed by atoms with Crippen molar-refractivity contribution in [2.24, 2.45) is 11.7 Å². The van der Waals surface area contributed by atoms with Crippen LogP contribution in [0.15, 0.2) is 0 Å². The molecule has 3 amide bonds. The first-order valence-electron chi connectivity index (χ1n) is 9.27. The van der Waals surface area contributed by atoms with Gasteiger partial charge in [-0.05, 0) is 5.92 Å². The third-order valence-corrected chi connectivity index (χ3v) is 4.88. The normalized spacial score (nSPS) is 20.2. The van der Waals surface area contributed by atoms with E-state index >= 15 is 0 Å². The number of carbonyl (C=O) groups is 3. The minimum atomic E-state index is -0.606. The summed E-state index contributed by atoms with van der Waals surface area (Å²) in [5, 5.41) is 2.61. The highest BCUT2D eigenvalue weighted by Crippen LogP contribution is 2.05.